The molecule has 0 saturated heterocycles. The van der Waals surface area contributed by atoms with Gasteiger partial charge in [0.2, 0.25) is 0 Å². The highest BCUT2D eigenvalue weighted by Crippen LogP contribution is 2.41. The van der Waals surface area contributed by atoms with E-state index in [0.29, 0.717) is 0 Å². The molecule has 1 nitrogen and oxygen atoms in total. The molecule has 2 unspecified atom stereocenters. The van der Waals surface area contributed by atoms with Crippen LogP contribution < -0.4 is 0 Å². The van der Waals surface area contributed by atoms with Gasteiger partial charge in [-0.25, -0.2) is 0 Å². The van der Waals surface area contributed by atoms with Crippen molar-refractivity contribution in [2.75, 3.05) is 0 Å². The molecule has 0 aromatic rings. The Hall–Kier alpha value is -0.0400. The van der Waals surface area contributed by atoms with Gasteiger partial charge in [0.05, 0.1) is 0 Å². The molecule has 3 saturated carbocycles. The molecular weight excluding hydrogens is 422 g/mol. The Morgan fingerprint density at radius 1 is 0.514 bits per heavy atom. The van der Waals surface area contributed by atoms with Gasteiger partial charge in [-0.1, -0.05) is 98.3 Å². The van der Waals surface area contributed by atoms with Gasteiger partial charge in [-0.05, 0) is 101 Å². The predicted octanol–water partition coefficient (Wildman–Crippen LogP) is 11.0. The number of unbranched alkanes of at least 4 members (excludes halogenated alkanes) is 2. The summed E-state index contributed by atoms with van der Waals surface area (Å²) in [6, 6.07) is 2.76. The first kappa shape index (κ1) is 29.5. The first-order valence-electron chi connectivity index (χ1n) is 17.0. The van der Waals surface area contributed by atoms with E-state index in [-0.39, 0.29) is 0 Å². The van der Waals surface area contributed by atoms with E-state index in [2.05, 4.69) is 32.6 Å². The van der Waals surface area contributed by atoms with E-state index in [4.69, 9.17) is 0 Å². The maximum atomic E-state index is 3.20. The van der Waals surface area contributed by atoms with Gasteiger partial charge in [-0.2, -0.15) is 0 Å². The minimum absolute atomic E-state index is 0.916. The number of nitrogens with zero attached hydrogens (tertiary/aromatic N) is 1. The molecule has 3 aliphatic carbocycles. The number of hydrogen-bond donors (Lipinski definition) is 0. The summed E-state index contributed by atoms with van der Waals surface area (Å²) in [4.78, 5) is 3.20. The van der Waals surface area contributed by atoms with Crippen LogP contribution in [0.15, 0.2) is 0 Å². The molecule has 1 heteroatoms. The van der Waals surface area contributed by atoms with Gasteiger partial charge >= 0.3 is 0 Å². The van der Waals surface area contributed by atoms with Gasteiger partial charge in [0, 0.05) is 18.1 Å². The lowest BCUT2D eigenvalue weighted by Crippen LogP contribution is -2.52. The summed E-state index contributed by atoms with van der Waals surface area (Å²) in [6.45, 7) is 9.61. The lowest BCUT2D eigenvalue weighted by Gasteiger charge is -2.49. The Bertz CT molecular complexity index is 469. The third-order valence-corrected chi connectivity index (χ3v) is 10.9. The summed E-state index contributed by atoms with van der Waals surface area (Å²) < 4.78 is 0. The summed E-state index contributed by atoms with van der Waals surface area (Å²) in [6.07, 6.45) is 34.2. The van der Waals surface area contributed by atoms with Gasteiger partial charge in [-0.3, -0.25) is 4.90 Å². The molecule has 0 N–H and O–H groups in total. The molecule has 0 spiro atoms. The minimum atomic E-state index is 0.916. The van der Waals surface area contributed by atoms with Crippen LogP contribution in [0.3, 0.4) is 0 Å². The molecule has 3 rings (SSSR count). The van der Waals surface area contributed by atoms with Crippen molar-refractivity contribution in [1.82, 2.24) is 4.90 Å². The first-order valence-corrected chi connectivity index (χ1v) is 17.0. The Morgan fingerprint density at radius 3 is 1.29 bits per heavy atom. The highest BCUT2D eigenvalue weighted by Gasteiger charge is 2.37. The SMILES string of the molecule is CCCCC(CC)CC1CCC(N(C2CCCCC2)C2CCC(CC(CC)CCCC)CC2)CC1. The van der Waals surface area contributed by atoms with Gasteiger partial charge in [0.25, 0.3) is 0 Å². The number of hydrogen-bond acceptors (Lipinski definition) is 1. The second-order valence-corrected chi connectivity index (χ2v) is 13.4. The normalized spacial score (nSPS) is 30.4. The zero-order valence-corrected chi connectivity index (χ0v) is 24.8. The van der Waals surface area contributed by atoms with Crippen molar-refractivity contribution in [3.8, 4) is 0 Å². The summed E-state index contributed by atoms with van der Waals surface area (Å²) in [5.41, 5.74) is 0. The fraction of sp³-hybridized carbons (Fsp3) is 1.00. The molecule has 0 bridgehead atoms. The van der Waals surface area contributed by atoms with Crippen molar-refractivity contribution in [3.05, 3.63) is 0 Å². The fourth-order valence-electron chi connectivity index (χ4n) is 8.54. The second-order valence-electron chi connectivity index (χ2n) is 13.4. The molecule has 3 aliphatic rings. The van der Waals surface area contributed by atoms with E-state index in [9.17, 15) is 0 Å². The minimum Gasteiger partial charge on any atom is -0.294 e. The topological polar surface area (TPSA) is 3.24 Å². The van der Waals surface area contributed by atoms with Crippen molar-refractivity contribution in [3.63, 3.8) is 0 Å². The van der Waals surface area contributed by atoms with Crippen LogP contribution >= 0.6 is 0 Å². The Labute approximate surface area is 222 Å². The highest BCUT2D eigenvalue weighted by molar-refractivity contribution is 4.92. The number of rotatable bonds is 15. The van der Waals surface area contributed by atoms with Crippen LogP contribution in [-0.4, -0.2) is 23.0 Å². The van der Waals surface area contributed by atoms with E-state index >= 15 is 0 Å². The molecule has 0 aromatic heterocycles. The van der Waals surface area contributed by atoms with Crippen LogP contribution in [0, 0.1) is 23.7 Å². The van der Waals surface area contributed by atoms with Crippen molar-refractivity contribution in [2.45, 2.75) is 193 Å². The Morgan fingerprint density at radius 2 is 0.914 bits per heavy atom. The van der Waals surface area contributed by atoms with E-state index in [0.717, 1.165) is 41.8 Å². The molecule has 0 radical (unpaired) electrons. The monoisotopic (exact) mass is 488 g/mol. The fourth-order valence-corrected chi connectivity index (χ4v) is 8.54. The van der Waals surface area contributed by atoms with Gasteiger partial charge in [-0.15, -0.1) is 0 Å². The standard InChI is InChI=1S/C34H65N/c1-5-9-14-28(7-3)26-30-18-22-33(23-19-30)35(32-16-12-11-13-17-32)34-24-20-31(21-25-34)27-29(8-4)15-10-6-2/h28-34H,5-27H2,1-4H3. The van der Waals surface area contributed by atoms with Gasteiger partial charge < -0.3 is 0 Å². The van der Waals surface area contributed by atoms with Crippen LogP contribution in [0.25, 0.3) is 0 Å². The van der Waals surface area contributed by atoms with Crippen molar-refractivity contribution in [2.24, 2.45) is 23.7 Å². The second kappa shape index (κ2) is 16.7. The third-order valence-electron chi connectivity index (χ3n) is 10.9. The molecule has 0 amide bonds. The average Bonchev–Trinajstić information content (AvgIpc) is 2.91. The zero-order chi connectivity index (χ0) is 24.9. The molecule has 3 fully saturated rings. The Kier molecular flexibility index (Phi) is 14.1. The van der Waals surface area contributed by atoms with Gasteiger partial charge in [0.15, 0.2) is 0 Å². The lowest BCUT2D eigenvalue weighted by molar-refractivity contribution is 0.00622. The molecule has 0 heterocycles. The van der Waals surface area contributed by atoms with E-state index in [1.54, 1.807) is 0 Å². The molecule has 35 heavy (non-hydrogen) atoms. The van der Waals surface area contributed by atoms with Gasteiger partial charge in [0.1, 0.15) is 0 Å². The van der Waals surface area contributed by atoms with Crippen LogP contribution in [0.4, 0.5) is 0 Å². The van der Waals surface area contributed by atoms with E-state index < -0.39 is 0 Å². The zero-order valence-electron chi connectivity index (χ0n) is 24.8. The smallest absolute Gasteiger partial charge is 0.0101 e. The molecule has 206 valence electrons. The quantitative estimate of drug-likeness (QED) is 0.222. The first-order chi connectivity index (χ1) is 17.2. The maximum absolute atomic E-state index is 3.20. The van der Waals surface area contributed by atoms with Crippen LogP contribution in [0.5, 0.6) is 0 Å². The molecular formula is C34H65N. The molecule has 0 aromatic carbocycles. The maximum Gasteiger partial charge on any atom is 0.0101 e. The lowest BCUT2D eigenvalue weighted by atomic mass is 9.75. The van der Waals surface area contributed by atoms with Crippen molar-refractivity contribution in [1.29, 1.82) is 0 Å². The summed E-state index contributed by atoms with van der Waals surface area (Å²) in [5, 5.41) is 0. The highest BCUT2D eigenvalue weighted by atomic mass is 15.2. The van der Waals surface area contributed by atoms with Crippen molar-refractivity contribution >= 4 is 0 Å². The molecule has 2 atom stereocenters. The average molecular weight is 488 g/mol. The molecule has 0 aliphatic heterocycles. The van der Waals surface area contributed by atoms with Crippen LogP contribution in [-0.2, 0) is 0 Å². The summed E-state index contributed by atoms with van der Waals surface area (Å²) >= 11 is 0. The largest absolute Gasteiger partial charge is 0.294 e. The summed E-state index contributed by atoms with van der Waals surface area (Å²) in [7, 11) is 0. The third kappa shape index (κ3) is 9.65. The van der Waals surface area contributed by atoms with E-state index in [1.165, 1.54) is 148 Å². The Balaban J connectivity index is 1.52. The summed E-state index contributed by atoms with van der Waals surface area (Å²) in [5.74, 6) is 4.08. The van der Waals surface area contributed by atoms with E-state index in [1.807, 2.05) is 0 Å². The van der Waals surface area contributed by atoms with Crippen LogP contribution in [0.1, 0.15) is 175 Å². The predicted molar refractivity (Wildman–Crippen MR) is 156 cm³/mol. The van der Waals surface area contributed by atoms with Crippen LogP contribution in [0.2, 0.25) is 0 Å². The van der Waals surface area contributed by atoms with Crippen molar-refractivity contribution < 1.29 is 0 Å².